The molecule has 1 aromatic carbocycles. The first-order valence-electron chi connectivity index (χ1n) is 5.58. The standard InChI is InChI=1S/C12H15BrN4O/c1-14-6-12-15-8-16-17(12)7-9-3-4-11(18-2)10(13)5-9/h3-5,8,14H,6-7H2,1-2H3. The Morgan fingerprint density at radius 1 is 1.44 bits per heavy atom. The molecule has 0 fully saturated rings. The molecule has 0 unspecified atom stereocenters. The van der Waals surface area contributed by atoms with Crippen LogP contribution >= 0.6 is 15.9 Å². The monoisotopic (exact) mass is 310 g/mol. The highest BCUT2D eigenvalue weighted by Gasteiger charge is 2.06. The van der Waals surface area contributed by atoms with Gasteiger partial charge in [0.2, 0.25) is 0 Å². The van der Waals surface area contributed by atoms with Crippen molar-refractivity contribution in [1.29, 1.82) is 0 Å². The van der Waals surface area contributed by atoms with E-state index in [0.717, 1.165) is 21.6 Å². The van der Waals surface area contributed by atoms with Crippen LogP contribution in [-0.4, -0.2) is 28.9 Å². The molecule has 0 aliphatic carbocycles. The number of hydrogen-bond acceptors (Lipinski definition) is 4. The molecule has 1 N–H and O–H groups in total. The number of aromatic nitrogens is 3. The zero-order valence-corrected chi connectivity index (χ0v) is 11.9. The van der Waals surface area contributed by atoms with Crippen LogP contribution < -0.4 is 10.1 Å². The van der Waals surface area contributed by atoms with E-state index in [4.69, 9.17) is 4.74 Å². The van der Waals surface area contributed by atoms with E-state index in [1.54, 1.807) is 13.4 Å². The van der Waals surface area contributed by atoms with Gasteiger partial charge in [0, 0.05) is 0 Å². The summed E-state index contributed by atoms with van der Waals surface area (Å²) in [6.07, 6.45) is 1.57. The van der Waals surface area contributed by atoms with Crippen LogP contribution in [0, 0.1) is 0 Å². The molecule has 0 radical (unpaired) electrons. The van der Waals surface area contributed by atoms with Crippen LogP contribution in [0.1, 0.15) is 11.4 Å². The Bertz CT molecular complexity index is 527. The lowest BCUT2D eigenvalue weighted by atomic mass is 10.2. The topological polar surface area (TPSA) is 52.0 Å². The molecule has 2 aromatic rings. The number of methoxy groups -OCH3 is 1. The van der Waals surface area contributed by atoms with E-state index >= 15 is 0 Å². The van der Waals surface area contributed by atoms with Crippen LogP contribution in [0.5, 0.6) is 5.75 Å². The van der Waals surface area contributed by atoms with Crippen LogP contribution in [-0.2, 0) is 13.1 Å². The largest absolute Gasteiger partial charge is 0.496 e. The molecule has 0 aliphatic heterocycles. The number of rotatable bonds is 5. The van der Waals surface area contributed by atoms with Crippen molar-refractivity contribution in [2.45, 2.75) is 13.1 Å². The van der Waals surface area contributed by atoms with Gasteiger partial charge in [0.1, 0.15) is 17.9 Å². The highest BCUT2D eigenvalue weighted by atomic mass is 79.9. The van der Waals surface area contributed by atoms with Crippen LogP contribution in [0.15, 0.2) is 29.0 Å². The minimum Gasteiger partial charge on any atom is -0.496 e. The van der Waals surface area contributed by atoms with Crippen LogP contribution in [0.25, 0.3) is 0 Å². The fraction of sp³-hybridized carbons (Fsp3) is 0.333. The maximum Gasteiger partial charge on any atom is 0.141 e. The number of benzene rings is 1. The highest BCUT2D eigenvalue weighted by molar-refractivity contribution is 9.10. The van der Waals surface area contributed by atoms with Gasteiger partial charge in [-0.3, -0.25) is 0 Å². The summed E-state index contributed by atoms with van der Waals surface area (Å²) in [5.41, 5.74) is 1.14. The summed E-state index contributed by atoms with van der Waals surface area (Å²) < 4.78 is 8.03. The molecule has 1 aromatic heterocycles. The molecule has 1 heterocycles. The maximum atomic E-state index is 5.21. The van der Waals surface area contributed by atoms with Gasteiger partial charge >= 0.3 is 0 Å². The third kappa shape index (κ3) is 2.88. The van der Waals surface area contributed by atoms with Gasteiger partial charge in [0.05, 0.1) is 24.7 Å². The van der Waals surface area contributed by atoms with E-state index < -0.39 is 0 Å². The second-order valence-electron chi connectivity index (χ2n) is 3.83. The molecular weight excluding hydrogens is 296 g/mol. The second kappa shape index (κ2) is 5.97. The number of nitrogens with one attached hydrogen (secondary N) is 1. The lowest BCUT2D eigenvalue weighted by Crippen LogP contribution is -2.14. The highest BCUT2D eigenvalue weighted by Crippen LogP contribution is 2.25. The van der Waals surface area contributed by atoms with E-state index in [9.17, 15) is 0 Å². The summed E-state index contributed by atoms with van der Waals surface area (Å²) in [6.45, 7) is 1.40. The van der Waals surface area contributed by atoms with Crippen molar-refractivity contribution in [3.05, 3.63) is 40.4 Å². The van der Waals surface area contributed by atoms with Crippen molar-refractivity contribution in [3.63, 3.8) is 0 Å². The Balaban J connectivity index is 2.18. The average molecular weight is 311 g/mol. The van der Waals surface area contributed by atoms with E-state index in [1.807, 2.05) is 29.9 Å². The molecule has 0 saturated heterocycles. The number of hydrogen-bond donors (Lipinski definition) is 1. The SMILES string of the molecule is CNCc1ncnn1Cc1ccc(OC)c(Br)c1. The van der Waals surface area contributed by atoms with Gasteiger partial charge in [-0.1, -0.05) is 6.07 Å². The van der Waals surface area contributed by atoms with Gasteiger partial charge in [-0.15, -0.1) is 0 Å². The first-order valence-corrected chi connectivity index (χ1v) is 6.37. The van der Waals surface area contributed by atoms with Crippen molar-refractivity contribution in [1.82, 2.24) is 20.1 Å². The summed E-state index contributed by atoms with van der Waals surface area (Å²) in [5.74, 6) is 1.75. The molecule has 96 valence electrons. The van der Waals surface area contributed by atoms with Crippen molar-refractivity contribution in [3.8, 4) is 5.75 Å². The van der Waals surface area contributed by atoms with E-state index in [1.165, 1.54) is 0 Å². The van der Waals surface area contributed by atoms with Gasteiger partial charge in [0.15, 0.2) is 0 Å². The summed E-state index contributed by atoms with van der Waals surface area (Å²) >= 11 is 3.48. The van der Waals surface area contributed by atoms with Crippen molar-refractivity contribution in [2.24, 2.45) is 0 Å². The van der Waals surface area contributed by atoms with Gasteiger partial charge < -0.3 is 10.1 Å². The van der Waals surface area contributed by atoms with E-state index in [0.29, 0.717) is 13.1 Å². The maximum absolute atomic E-state index is 5.21. The van der Waals surface area contributed by atoms with Gasteiger partial charge in [-0.05, 0) is 40.7 Å². The minimum absolute atomic E-state index is 0.694. The molecule has 0 amide bonds. The molecule has 6 heteroatoms. The normalized spacial score (nSPS) is 10.6. The molecular formula is C12H15BrN4O. The Morgan fingerprint density at radius 2 is 2.28 bits per heavy atom. The third-order valence-electron chi connectivity index (χ3n) is 2.58. The molecule has 0 saturated carbocycles. The molecule has 2 rings (SSSR count). The molecule has 5 nitrogen and oxygen atoms in total. The molecule has 0 bridgehead atoms. The summed E-state index contributed by atoms with van der Waals surface area (Å²) in [5, 5.41) is 7.29. The van der Waals surface area contributed by atoms with Crippen LogP contribution in [0.4, 0.5) is 0 Å². The smallest absolute Gasteiger partial charge is 0.141 e. The molecule has 0 spiro atoms. The number of halogens is 1. The predicted molar refractivity (Wildman–Crippen MR) is 72.6 cm³/mol. The first-order chi connectivity index (χ1) is 8.74. The minimum atomic E-state index is 0.694. The lowest BCUT2D eigenvalue weighted by Gasteiger charge is -2.08. The van der Waals surface area contributed by atoms with E-state index in [-0.39, 0.29) is 0 Å². The summed E-state index contributed by atoms with van der Waals surface area (Å²) in [6, 6.07) is 5.99. The Morgan fingerprint density at radius 3 is 2.94 bits per heavy atom. The molecule has 0 atom stereocenters. The Labute approximate surface area is 114 Å². The van der Waals surface area contributed by atoms with Gasteiger partial charge in [-0.2, -0.15) is 5.10 Å². The van der Waals surface area contributed by atoms with Gasteiger partial charge in [-0.25, -0.2) is 9.67 Å². The Hall–Kier alpha value is -1.40. The fourth-order valence-electron chi connectivity index (χ4n) is 1.70. The quantitative estimate of drug-likeness (QED) is 0.915. The number of ether oxygens (including phenoxy) is 1. The van der Waals surface area contributed by atoms with Crippen molar-refractivity contribution in [2.75, 3.05) is 14.2 Å². The van der Waals surface area contributed by atoms with Crippen molar-refractivity contribution < 1.29 is 4.74 Å². The zero-order chi connectivity index (χ0) is 13.0. The zero-order valence-electron chi connectivity index (χ0n) is 10.4. The van der Waals surface area contributed by atoms with Crippen molar-refractivity contribution >= 4 is 15.9 Å². The summed E-state index contributed by atoms with van der Waals surface area (Å²) in [4.78, 5) is 4.21. The second-order valence-corrected chi connectivity index (χ2v) is 4.69. The van der Waals surface area contributed by atoms with Gasteiger partial charge in [0.25, 0.3) is 0 Å². The number of nitrogens with zero attached hydrogens (tertiary/aromatic N) is 3. The molecule has 0 aliphatic rings. The average Bonchev–Trinajstić information content (AvgIpc) is 2.78. The van der Waals surface area contributed by atoms with E-state index in [2.05, 4.69) is 31.3 Å². The fourth-order valence-corrected chi connectivity index (χ4v) is 2.28. The molecule has 18 heavy (non-hydrogen) atoms. The Kier molecular flexibility index (Phi) is 4.33. The predicted octanol–water partition coefficient (Wildman–Crippen LogP) is 1.82. The van der Waals surface area contributed by atoms with Crippen LogP contribution in [0.2, 0.25) is 0 Å². The van der Waals surface area contributed by atoms with Crippen LogP contribution in [0.3, 0.4) is 0 Å². The first kappa shape index (κ1) is 13.0. The third-order valence-corrected chi connectivity index (χ3v) is 3.20. The lowest BCUT2D eigenvalue weighted by molar-refractivity contribution is 0.412. The summed E-state index contributed by atoms with van der Waals surface area (Å²) in [7, 11) is 3.55.